The first-order valence-electron chi connectivity index (χ1n) is 9.00. The average Bonchev–Trinajstić information content (AvgIpc) is 3.05. The molecule has 1 fully saturated rings. The molecule has 136 valence electrons. The lowest BCUT2D eigenvalue weighted by molar-refractivity contribution is 0.367. The van der Waals surface area contributed by atoms with Gasteiger partial charge in [0.1, 0.15) is 5.82 Å². The maximum Gasteiger partial charge on any atom is 0.208 e. The number of nitrogens with one attached hydrogen (secondary N) is 2. The third-order valence-electron chi connectivity index (χ3n) is 5.10. The van der Waals surface area contributed by atoms with Crippen LogP contribution in [0.3, 0.4) is 0 Å². The van der Waals surface area contributed by atoms with Gasteiger partial charge in [0.25, 0.3) is 0 Å². The number of imidazole rings is 1. The Hall–Kier alpha value is -2.18. The van der Waals surface area contributed by atoms with Crippen LogP contribution in [-0.4, -0.2) is 30.7 Å². The molecule has 0 radical (unpaired) electrons. The highest BCUT2D eigenvalue weighted by Gasteiger charge is 2.26. The lowest BCUT2D eigenvalue weighted by Crippen LogP contribution is -2.36. The van der Waals surface area contributed by atoms with Crippen molar-refractivity contribution in [2.45, 2.75) is 37.6 Å². The second-order valence-corrected chi connectivity index (χ2v) is 8.94. The number of aromatic amines is 1. The zero-order valence-electron chi connectivity index (χ0n) is 14.8. The lowest BCUT2D eigenvalue weighted by Gasteiger charge is -2.27. The minimum absolute atomic E-state index is 0.0512. The largest absolute Gasteiger partial charge is 0.342 e. The van der Waals surface area contributed by atoms with Gasteiger partial charge in [0.15, 0.2) is 0 Å². The summed E-state index contributed by atoms with van der Waals surface area (Å²) in [5, 5.41) is 0. The number of sulfonamides is 1. The molecular weight excluding hydrogens is 346 g/mol. The van der Waals surface area contributed by atoms with Gasteiger partial charge >= 0.3 is 0 Å². The van der Waals surface area contributed by atoms with E-state index in [9.17, 15) is 8.42 Å². The summed E-state index contributed by atoms with van der Waals surface area (Å²) in [5.41, 5.74) is 4.39. The Morgan fingerprint density at radius 3 is 2.42 bits per heavy atom. The van der Waals surface area contributed by atoms with Gasteiger partial charge in [0.05, 0.1) is 17.3 Å². The van der Waals surface area contributed by atoms with Crippen molar-refractivity contribution in [3.05, 3.63) is 54.4 Å². The first kappa shape index (κ1) is 17.2. The Bertz CT molecular complexity index is 1000. The van der Waals surface area contributed by atoms with Crippen LogP contribution >= 0.6 is 0 Å². The molecule has 3 aromatic rings. The number of hydrogen-bond donors (Lipinski definition) is 2. The second-order valence-electron chi connectivity index (χ2n) is 7.16. The van der Waals surface area contributed by atoms with Crippen LogP contribution in [0.5, 0.6) is 0 Å². The van der Waals surface area contributed by atoms with E-state index in [0.717, 1.165) is 48.1 Å². The van der Waals surface area contributed by atoms with Gasteiger partial charge in [-0.3, -0.25) is 0 Å². The Labute approximate surface area is 153 Å². The van der Waals surface area contributed by atoms with E-state index in [1.54, 1.807) is 0 Å². The molecule has 1 saturated carbocycles. The Morgan fingerprint density at radius 1 is 1.00 bits per heavy atom. The molecule has 0 bridgehead atoms. The fraction of sp³-hybridized carbons (Fsp3) is 0.350. The number of benzene rings is 2. The molecule has 0 aliphatic heterocycles. The van der Waals surface area contributed by atoms with Crippen molar-refractivity contribution >= 4 is 21.1 Å². The van der Waals surface area contributed by atoms with Crippen molar-refractivity contribution in [2.24, 2.45) is 0 Å². The fourth-order valence-corrected chi connectivity index (χ4v) is 4.66. The highest BCUT2D eigenvalue weighted by atomic mass is 32.2. The van der Waals surface area contributed by atoms with Crippen LogP contribution in [0.2, 0.25) is 0 Å². The lowest BCUT2D eigenvalue weighted by atomic mass is 9.86. The summed E-state index contributed by atoms with van der Waals surface area (Å²) in [7, 11) is -3.13. The van der Waals surface area contributed by atoms with E-state index in [-0.39, 0.29) is 6.04 Å². The summed E-state index contributed by atoms with van der Waals surface area (Å²) in [4.78, 5) is 8.29. The molecule has 0 spiro atoms. The molecule has 1 aliphatic rings. The molecule has 26 heavy (non-hydrogen) atoms. The van der Waals surface area contributed by atoms with E-state index in [1.807, 2.05) is 18.2 Å². The van der Waals surface area contributed by atoms with Crippen LogP contribution in [0, 0.1) is 0 Å². The van der Waals surface area contributed by atoms with Crippen molar-refractivity contribution in [1.82, 2.24) is 14.7 Å². The maximum absolute atomic E-state index is 11.4. The van der Waals surface area contributed by atoms with Crippen LogP contribution in [0.25, 0.3) is 22.2 Å². The van der Waals surface area contributed by atoms with E-state index >= 15 is 0 Å². The quantitative estimate of drug-likeness (QED) is 0.734. The minimum atomic E-state index is -3.13. The molecule has 2 N–H and O–H groups in total. The molecule has 1 aromatic heterocycles. The number of hydrogen-bond acceptors (Lipinski definition) is 3. The maximum atomic E-state index is 11.4. The molecule has 2 aromatic carbocycles. The SMILES string of the molecule is CS(=O)(=O)N[C@H]1CC[C@H](c2nc3cc(-c4ccccc4)ccc3[nH]2)CC1. The normalized spacial score (nSPS) is 21.1. The molecule has 0 amide bonds. The van der Waals surface area contributed by atoms with Crippen LogP contribution in [-0.2, 0) is 10.0 Å². The van der Waals surface area contributed by atoms with Gasteiger partial charge in [0.2, 0.25) is 10.0 Å². The molecule has 1 heterocycles. The van der Waals surface area contributed by atoms with Gasteiger partial charge in [0, 0.05) is 12.0 Å². The summed E-state index contributed by atoms with van der Waals surface area (Å²) >= 11 is 0. The molecule has 4 rings (SSSR count). The number of fused-ring (bicyclic) bond motifs is 1. The van der Waals surface area contributed by atoms with Crippen LogP contribution in [0.4, 0.5) is 0 Å². The Kier molecular flexibility index (Phi) is 4.54. The molecule has 0 atom stereocenters. The zero-order valence-corrected chi connectivity index (χ0v) is 15.6. The third-order valence-corrected chi connectivity index (χ3v) is 5.86. The molecule has 0 unspecified atom stereocenters. The first-order valence-corrected chi connectivity index (χ1v) is 10.9. The highest BCUT2D eigenvalue weighted by molar-refractivity contribution is 7.88. The zero-order chi connectivity index (χ0) is 18.1. The fourth-order valence-electron chi connectivity index (χ4n) is 3.82. The molecule has 5 nitrogen and oxygen atoms in total. The molecule has 6 heteroatoms. The Balaban J connectivity index is 1.52. The van der Waals surface area contributed by atoms with E-state index < -0.39 is 10.0 Å². The molecular formula is C20H23N3O2S. The smallest absolute Gasteiger partial charge is 0.208 e. The van der Waals surface area contributed by atoms with Crippen LogP contribution < -0.4 is 4.72 Å². The summed E-state index contributed by atoms with van der Waals surface area (Å²) in [6.07, 6.45) is 4.81. The van der Waals surface area contributed by atoms with Crippen molar-refractivity contribution in [3.8, 4) is 11.1 Å². The number of rotatable bonds is 4. The summed E-state index contributed by atoms with van der Waals surface area (Å²) in [5.74, 6) is 1.38. The minimum Gasteiger partial charge on any atom is -0.342 e. The van der Waals surface area contributed by atoms with Crippen molar-refractivity contribution in [2.75, 3.05) is 6.26 Å². The summed E-state index contributed by atoms with van der Waals surface area (Å²) in [6.45, 7) is 0. The molecule has 1 aliphatic carbocycles. The second kappa shape index (κ2) is 6.85. The third kappa shape index (κ3) is 3.81. The van der Waals surface area contributed by atoms with Gasteiger partial charge in [-0.1, -0.05) is 36.4 Å². The predicted molar refractivity (Wildman–Crippen MR) is 105 cm³/mol. The Morgan fingerprint density at radius 2 is 1.73 bits per heavy atom. The van der Waals surface area contributed by atoms with E-state index in [2.05, 4.69) is 40.0 Å². The van der Waals surface area contributed by atoms with Gasteiger partial charge in [-0.15, -0.1) is 0 Å². The number of aromatic nitrogens is 2. The monoisotopic (exact) mass is 369 g/mol. The molecule has 0 saturated heterocycles. The van der Waals surface area contributed by atoms with Crippen molar-refractivity contribution in [3.63, 3.8) is 0 Å². The van der Waals surface area contributed by atoms with Crippen molar-refractivity contribution < 1.29 is 8.42 Å². The van der Waals surface area contributed by atoms with Crippen LogP contribution in [0.1, 0.15) is 37.4 Å². The van der Waals surface area contributed by atoms with Gasteiger partial charge in [-0.2, -0.15) is 0 Å². The van der Waals surface area contributed by atoms with E-state index in [4.69, 9.17) is 4.98 Å². The summed E-state index contributed by atoms with van der Waals surface area (Å²) < 4.78 is 25.5. The first-order chi connectivity index (χ1) is 12.5. The van der Waals surface area contributed by atoms with E-state index in [1.165, 1.54) is 11.8 Å². The number of H-pyrrole nitrogens is 1. The van der Waals surface area contributed by atoms with Crippen molar-refractivity contribution in [1.29, 1.82) is 0 Å². The van der Waals surface area contributed by atoms with Crippen LogP contribution in [0.15, 0.2) is 48.5 Å². The van der Waals surface area contributed by atoms with Gasteiger partial charge < -0.3 is 4.98 Å². The standard InChI is InChI=1S/C20H23N3O2S/c1-26(24,25)23-17-10-7-15(8-11-17)20-21-18-12-9-16(13-19(18)22-20)14-5-3-2-4-6-14/h2-6,9,12-13,15,17,23H,7-8,10-11H2,1H3,(H,21,22)/t15-,17-. The van der Waals surface area contributed by atoms with Gasteiger partial charge in [-0.25, -0.2) is 18.1 Å². The van der Waals surface area contributed by atoms with Gasteiger partial charge in [-0.05, 0) is 48.9 Å². The van der Waals surface area contributed by atoms with E-state index in [0.29, 0.717) is 5.92 Å². The highest BCUT2D eigenvalue weighted by Crippen LogP contribution is 2.33. The summed E-state index contributed by atoms with van der Waals surface area (Å²) in [6, 6.07) is 16.7. The number of nitrogens with zero attached hydrogens (tertiary/aromatic N) is 1. The average molecular weight is 369 g/mol. The topological polar surface area (TPSA) is 74.8 Å². The predicted octanol–water partition coefficient (Wildman–Crippen LogP) is 3.81.